The number of piperidine rings is 1. The lowest BCUT2D eigenvalue weighted by molar-refractivity contribution is -0.128. The third kappa shape index (κ3) is 6.26. The summed E-state index contributed by atoms with van der Waals surface area (Å²) in [5.74, 6) is -0.976. The number of benzene rings is 2. The van der Waals surface area contributed by atoms with Crippen molar-refractivity contribution in [2.75, 3.05) is 6.26 Å². The molecule has 1 aliphatic heterocycles. The van der Waals surface area contributed by atoms with Crippen LogP contribution in [0.3, 0.4) is 0 Å². The van der Waals surface area contributed by atoms with Crippen molar-refractivity contribution in [3.05, 3.63) is 53.8 Å². The molecule has 1 aliphatic carbocycles. The fourth-order valence-corrected chi connectivity index (χ4v) is 6.33. The smallest absolute Gasteiger partial charge is 0.411 e. The van der Waals surface area contributed by atoms with Crippen molar-refractivity contribution in [2.24, 2.45) is 10.3 Å². The van der Waals surface area contributed by atoms with E-state index >= 15 is 4.39 Å². The molecule has 2 bridgehead atoms. The van der Waals surface area contributed by atoms with Gasteiger partial charge in [0.15, 0.2) is 0 Å². The second-order valence-electron chi connectivity index (χ2n) is 11.3. The average Bonchev–Trinajstić information content (AvgIpc) is 3.50. The first-order chi connectivity index (χ1) is 18.8. The van der Waals surface area contributed by atoms with Gasteiger partial charge in [-0.05, 0) is 80.8 Å². The SMILES string of the molecule is CC(C)(C)OC(=O)N1[C@@H]2CC[C@@H](C2)[C@H]1C(=O)N[C@H](C#N)Cc1ccc(-c2ccc(S(C)(=O)=NC#N)cc2)cc1F. The van der Waals surface area contributed by atoms with Crippen LogP contribution in [0.25, 0.3) is 11.1 Å². The van der Waals surface area contributed by atoms with Gasteiger partial charge in [0, 0.05) is 23.6 Å². The Bertz CT molecular complexity index is 1510. The Hall–Kier alpha value is -3.96. The van der Waals surface area contributed by atoms with Gasteiger partial charge in [0.05, 0.1) is 15.8 Å². The molecule has 1 saturated heterocycles. The lowest BCUT2D eigenvalue weighted by Crippen LogP contribution is -2.55. The number of amides is 2. The van der Waals surface area contributed by atoms with Gasteiger partial charge in [-0.2, -0.15) is 10.5 Å². The summed E-state index contributed by atoms with van der Waals surface area (Å²) in [6, 6.07) is 11.4. The van der Waals surface area contributed by atoms with Crippen molar-refractivity contribution in [1.82, 2.24) is 10.2 Å². The fourth-order valence-electron chi connectivity index (χ4n) is 5.43. The van der Waals surface area contributed by atoms with Gasteiger partial charge in [0.2, 0.25) is 12.1 Å². The number of nitrogens with zero attached hydrogens (tertiary/aromatic N) is 4. The normalized spacial score (nSPS) is 22.0. The number of carbonyl (C=O) groups excluding carboxylic acids is 2. The van der Waals surface area contributed by atoms with E-state index in [4.69, 9.17) is 10.00 Å². The minimum Gasteiger partial charge on any atom is -0.444 e. The summed E-state index contributed by atoms with van der Waals surface area (Å²) in [5.41, 5.74) is 0.796. The summed E-state index contributed by atoms with van der Waals surface area (Å²) < 4.78 is 36.5. The average molecular weight is 566 g/mol. The molecule has 1 saturated carbocycles. The Kier molecular flexibility index (Phi) is 8.18. The van der Waals surface area contributed by atoms with Crippen LogP contribution in [0, 0.1) is 34.5 Å². The molecule has 1 heterocycles. The number of hydrogen-bond acceptors (Lipinski definition) is 7. The molecule has 2 aliphatic rings. The molecule has 0 radical (unpaired) electrons. The Morgan fingerprint density at radius 2 is 1.85 bits per heavy atom. The quantitative estimate of drug-likeness (QED) is 0.501. The van der Waals surface area contributed by atoms with E-state index in [9.17, 15) is 19.1 Å². The summed E-state index contributed by atoms with van der Waals surface area (Å²) in [6.07, 6.45) is 4.69. The fraction of sp³-hybridized carbons (Fsp3) is 0.448. The second kappa shape index (κ2) is 11.3. The predicted molar refractivity (Wildman–Crippen MR) is 146 cm³/mol. The van der Waals surface area contributed by atoms with E-state index in [1.54, 1.807) is 63.4 Å². The summed E-state index contributed by atoms with van der Waals surface area (Å²) in [4.78, 5) is 28.1. The molecular weight excluding hydrogens is 533 g/mol. The zero-order chi connectivity index (χ0) is 29.2. The van der Waals surface area contributed by atoms with Crippen molar-refractivity contribution >= 4 is 21.7 Å². The molecule has 2 aromatic rings. The third-order valence-corrected chi connectivity index (χ3v) is 8.82. The van der Waals surface area contributed by atoms with Crippen LogP contribution >= 0.6 is 0 Å². The van der Waals surface area contributed by atoms with E-state index in [-0.39, 0.29) is 23.9 Å². The van der Waals surface area contributed by atoms with Crippen LogP contribution in [0.4, 0.5) is 9.18 Å². The highest BCUT2D eigenvalue weighted by Crippen LogP contribution is 2.43. The first-order valence-corrected chi connectivity index (χ1v) is 15.0. The van der Waals surface area contributed by atoms with E-state index in [1.165, 1.54) is 17.2 Å². The number of nitrogens with one attached hydrogen (secondary N) is 1. The van der Waals surface area contributed by atoms with Gasteiger partial charge in [0.25, 0.3) is 0 Å². The summed E-state index contributed by atoms with van der Waals surface area (Å²) in [5, 5.41) is 21.2. The van der Waals surface area contributed by atoms with Gasteiger partial charge in [-0.1, -0.05) is 24.3 Å². The first kappa shape index (κ1) is 29.0. The minimum absolute atomic E-state index is 0.00563. The molecule has 4 rings (SSSR count). The molecule has 2 amide bonds. The zero-order valence-electron chi connectivity index (χ0n) is 22.9. The maximum atomic E-state index is 15.1. The second-order valence-corrected chi connectivity index (χ2v) is 13.5. The van der Waals surface area contributed by atoms with Crippen molar-refractivity contribution in [2.45, 2.75) is 75.1 Å². The Morgan fingerprint density at radius 1 is 1.18 bits per heavy atom. The van der Waals surface area contributed by atoms with E-state index in [0.29, 0.717) is 22.4 Å². The minimum atomic E-state index is -2.83. The molecule has 0 aromatic heterocycles. The van der Waals surface area contributed by atoms with Crippen molar-refractivity contribution < 1.29 is 22.9 Å². The largest absolute Gasteiger partial charge is 0.444 e. The monoisotopic (exact) mass is 565 g/mol. The van der Waals surface area contributed by atoms with E-state index in [2.05, 4.69) is 9.68 Å². The van der Waals surface area contributed by atoms with Crippen LogP contribution in [0.15, 0.2) is 51.7 Å². The van der Waals surface area contributed by atoms with E-state index < -0.39 is 45.2 Å². The van der Waals surface area contributed by atoms with Crippen LogP contribution < -0.4 is 5.32 Å². The van der Waals surface area contributed by atoms with Crippen molar-refractivity contribution in [1.29, 1.82) is 10.5 Å². The standard InChI is InChI=1S/C29H32FN5O4S/c1-29(2,3)39-28(37)35-23-10-7-21(14-23)26(35)27(36)34-22(16-31)13-20-6-5-19(15-25(20)30)18-8-11-24(12-9-18)40(4,38)33-17-32/h5-6,8-9,11-12,15,21-23,26H,7,10,13-14H2,1-4H3,(H,34,36)/t21-,22-,23+,26-,40?/m0/s1. The Balaban J connectivity index is 1.46. The van der Waals surface area contributed by atoms with Gasteiger partial charge in [0.1, 0.15) is 23.5 Å². The summed E-state index contributed by atoms with van der Waals surface area (Å²) in [7, 11) is -2.83. The van der Waals surface area contributed by atoms with Crippen molar-refractivity contribution in [3.8, 4) is 23.4 Å². The molecule has 2 fully saturated rings. The van der Waals surface area contributed by atoms with Crippen LogP contribution in [-0.4, -0.2) is 51.1 Å². The van der Waals surface area contributed by atoms with Gasteiger partial charge in [-0.3, -0.25) is 9.69 Å². The number of fused-ring (bicyclic) bond motifs is 2. The number of rotatable bonds is 6. The maximum Gasteiger partial charge on any atom is 0.411 e. The Labute approximate surface area is 234 Å². The number of hydrogen-bond donors (Lipinski definition) is 1. The van der Waals surface area contributed by atoms with Crippen LogP contribution in [-0.2, 0) is 25.7 Å². The molecule has 40 heavy (non-hydrogen) atoms. The first-order valence-electron chi connectivity index (χ1n) is 13.0. The van der Waals surface area contributed by atoms with Crippen molar-refractivity contribution in [3.63, 3.8) is 0 Å². The molecule has 11 heteroatoms. The summed E-state index contributed by atoms with van der Waals surface area (Å²) >= 11 is 0. The third-order valence-electron chi connectivity index (χ3n) is 7.25. The topological polar surface area (TPSA) is 136 Å². The lowest BCUT2D eigenvalue weighted by atomic mass is 9.97. The highest BCUT2D eigenvalue weighted by Gasteiger charge is 2.52. The molecule has 1 N–H and O–H groups in total. The van der Waals surface area contributed by atoms with Crippen LogP contribution in [0.1, 0.15) is 45.6 Å². The molecule has 5 atom stereocenters. The van der Waals surface area contributed by atoms with Gasteiger partial charge < -0.3 is 10.1 Å². The van der Waals surface area contributed by atoms with E-state index in [1.807, 2.05) is 6.07 Å². The summed E-state index contributed by atoms with van der Waals surface area (Å²) in [6.45, 7) is 5.31. The maximum absolute atomic E-state index is 15.1. The number of halogens is 1. The van der Waals surface area contributed by atoms with Gasteiger partial charge >= 0.3 is 6.09 Å². The zero-order valence-corrected chi connectivity index (χ0v) is 23.7. The molecular formula is C29H32FN5O4S. The molecule has 2 aromatic carbocycles. The Morgan fingerprint density at radius 3 is 2.45 bits per heavy atom. The van der Waals surface area contributed by atoms with Crippen LogP contribution in [0.5, 0.6) is 0 Å². The van der Waals surface area contributed by atoms with Gasteiger partial charge in [-0.25, -0.2) is 13.4 Å². The lowest BCUT2D eigenvalue weighted by Gasteiger charge is -2.35. The highest BCUT2D eigenvalue weighted by molar-refractivity contribution is 7.93. The molecule has 210 valence electrons. The van der Waals surface area contributed by atoms with Crippen LogP contribution in [0.2, 0.25) is 0 Å². The highest BCUT2D eigenvalue weighted by atomic mass is 32.2. The molecule has 0 spiro atoms. The van der Waals surface area contributed by atoms with E-state index in [0.717, 1.165) is 12.8 Å². The number of likely N-dealkylation sites (tertiary alicyclic amines) is 1. The molecule has 9 nitrogen and oxygen atoms in total. The number of carbonyl (C=O) groups is 2. The van der Waals surface area contributed by atoms with Gasteiger partial charge in [-0.15, -0.1) is 4.36 Å². The predicted octanol–water partition coefficient (Wildman–Crippen LogP) is 4.77. The number of ether oxygens (including phenoxy) is 1. The number of nitriles is 2. The molecule has 1 unspecified atom stereocenters.